The van der Waals surface area contributed by atoms with Crippen molar-refractivity contribution in [1.29, 1.82) is 0 Å². The quantitative estimate of drug-likeness (QED) is 0.683. The summed E-state index contributed by atoms with van der Waals surface area (Å²) in [6.45, 7) is 3.73. The van der Waals surface area contributed by atoms with Gasteiger partial charge in [0.2, 0.25) is 10.0 Å². The van der Waals surface area contributed by atoms with Crippen LogP contribution in [0.15, 0.2) is 23.1 Å². The zero-order valence-electron chi connectivity index (χ0n) is 16.0. The lowest BCUT2D eigenvalue weighted by Gasteiger charge is -2.35. The van der Waals surface area contributed by atoms with Crippen LogP contribution in [-0.4, -0.2) is 84.1 Å². The second-order valence-corrected chi connectivity index (χ2v) is 8.44. The molecule has 1 aliphatic heterocycles. The number of benzene rings is 1. The first-order valence-electron chi connectivity index (χ1n) is 8.50. The van der Waals surface area contributed by atoms with Crippen LogP contribution in [0.4, 0.5) is 0 Å². The minimum atomic E-state index is -3.70. The van der Waals surface area contributed by atoms with Crippen molar-refractivity contribution < 1.29 is 27.6 Å². The number of piperazine rings is 1. The highest BCUT2D eigenvalue weighted by molar-refractivity contribution is 7.89. The van der Waals surface area contributed by atoms with Crippen LogP contribution in [0.1, 0.15) is 6.92 Å². The summed E-state index contributed by atoms with van der Waals surface area (Å²) in [5, 5.41) is 0. The molecular weight excluding hydrogens is 358 g/mol. The molecule has 0 aliphatic carbocycles. The summed E-state index contributed by atoms with van der Waals surface area (Å²) in [4.78, 5) is 14.9. The molecule has 1 fully saturated rings. The summed E-state index contributed by atoms with van der Waals surface area (Å²) in [6.07, 6.45) is 0. The molecule has 1 heterocycles. The van der Waals surface area contributed by atoms with E-state index >= 15 is 0 Å². The van der Waals surface area contributed by atoms with Gasteiger partial charge >= 0.3 is 0 Å². The van der Waals surface area contributed by atoms with Crippen molar-refractivity contribution in [2.45, 2.75) is 17.9 Å². The first kappa shape index (κ1) is 20.5. The van der Waals surface area contributed by atoms with Gasteiger partial charge in [-0.3, -0.25) is 4.79 Å². The number of rotatable bonds is 6. The van der Waals surface area contributed by atoms with Crippen LogP contribution in [0.2, 0.25) is 0 Å². The van der Waals surface area contributed by atoms with E-state index in [0.717, 1.165) is 4.90 Å². The van der Waals surface area contributed by atoms with Gasteiger partial charge in [0.05, 0.1) is 40.4 Å². The fraction of sp³-hybridized carbons (Fsp3) is 0.588. The molecule has 146 valence electrons. The molecule has 1 saturated heterocycles. The van der Waals surface area contributed by atoms with E-state index in [2.05, 4.69) is 0 Å². The number of nitrogens with zero attached hydrogens (tertiary/aromatic N) is 2. The van der Waals surface area contributed by atoms with Crippen molar-refractivity contribution in [3.05, 3.63) is 18.2 Å². The summed E-state index contributed by atoms with van der Waals surface area (Å²) in [5.74, 6) is 0.793. The van der Waals surface area contributed by atoms with Gasteiger partial charge in [0, 0.05) is 20.2 Å². The molecule has 1 amide bonds. The van der Waals surface area contributed by atoms with Gasteiger partial charge in [-0.15, -0.1) is 0 Å². The Bertz CT molecular complexity index is 743. The Morgan fingerprint density at radius 1 is 1.19 bits per heavy atom. The Kier molecular flexibility index (Phi) is 6.48. The number of amides is 1. The minimum absolute atomic E-state index is 0.0470. The van der Waals surface area contributed by atoms with Crippen LogP contribution in [0.3, 0.4) is 0 Å². The summed E-state index contributed by atoms with van der Waals surface area (Å²) >= 11 is 0. The number of carbonyl (C=O) groups is 1. The van der Waals surface area contributed by atoms with E-state index in [-0.39, 0.29) is 22.6 Å². The third kappa shape index (κ3) is 4.11. The van der Waals surface area contributed by atoms with Gasteiger partial charge in [0.1, 0.15) is 16.4 Å². The number of likely N-dealkylation sites (N-methyl/N-ethyl adjacent to an activating group) is 1. The van der Waals surface area contributed by atoms with E-state index in [0.29, 0.717) is 31.9 Å². The molecule has 0 bridgehead atoms. The molecule has 2 rings (SSSR count). The lowest BCUT2D eigenvalue weighted by Crippen LogP contribution is -3.19. The molecule has 0 radical (unpaired) electrons. The summed E-state index contributed by atoms with van der Waals surface area (Å²) in [7, 11) is 2.69. The predicted octanol–water partition coefficient (Wildman–Crippen LogP) is -0.930. The summed E-state index contributed by atoms with van der Waals surface area (Å²) in [5.41, 5.74) is 0. The van der Waals surface area contributed by atoms with E-state index < -0.39 is 10.0 Å². The minimum Gasteiger partial charge on any atom is -0.497 e. The van der Waals surface area contributed by atoms with Crippen LogP contribution in [0, 0.1) is 0 Å². The zero-order chi connectivity index (χ0) is 19.5. The first-order valence-corrected chi connectivity index (χ1v) is 9.94. The average molecular weight is 386 g/mol. The van der Waals surface area contributed by atoms with Gasteiger partial charge in [-0.2, -0.15) is 4.31 Å². The normalized spacial score (nSPS) is 17.6. The number of quaternary nitrogens is 1. The van der Waals surface area contributed by atoms with Gasteiger partial charge in [0.15, 0.2) is 6.04 Å². The molecule has 1 aromatic rings. The molecule has 1 aliphatic rings. The molecule has 26 heavy (non-hydrogen) atoms. The molecule has 9 heteroatoms. The summed E-state index contributed by atoms with van der Waals surface area (Å²) < 4.78 is 37.9. The Hall–Kier alpha value is -1.84. The molecule has 1 aromatic carbocycles. The maximum absolute atomic E-state index is 13.1. The number of ether oxygens (including phenoxy) is 2. The third-order valence-corrected chi connectivity index (χ3v) is 6.70. The number of carbonyl (C=O) groups excluding carboxylic acids is 1. The van der Waals surface area contributed by atoms with Crippen LogP contribution < -0.4 is 14.4 Å². The standard InChI is InChI=1S/C17H27N3O5S/c1-13(17(21)18(2)3)19-8-10-20(11-9-19)26(22,23)16-12-14(24-4)6-7-15(16)25-5/h6-7,12-13H,8-11H2,1-5H3/p+1/t13-/m0/s1. The van der Waals surface area contributed by atoms with Crippen LogP contribution in [0.5, 0.6) is 11.5 Å². The molecule has 0 unspecified atom stereocenters. The van der Waals surface area contributed by atoms with Crippen LogP contribution >= 0.6 is 0 Å². The number of nitrogens with one attached hydrogen (secondary N) is 1. The summed E-state index contributed by atoms with van der Waals surface area (Å²) in [6, 6.07) is 4.53. The van der Waals surface area contributed by atoms with Crippen molar-refractivity contribution in [2.75, 3.05) is 54.5 Å². The van der Waals surface area contributed by atoms with Crippen molar-refractivity contribution in [3.63, 3.8) is 0 Å². The molecule has 0 saturated carbocycles. The lowest BCUT2D eigenvalue weighted by molar-refractivity contribution is -0.917. The number of hydrogen-bond acceptors (Lipinski definition) is 5. The van der Waals surface area contributed by atoms with Crippen LogP contribution in [-0.2, 0) is 14.8 Å². The zero-order valence-corrected chi connectivity index (χ0v) is 16.8. The molecule has 1 atom stereocenters. The Balaban J connectivity index is 2.17. The van der Waals surface area contributed by atoms with Crippen molar-refractivity contribution in [1.82, 2.24) is 9.21 Å². The van der Waals surface area contributed by atoms with Crippen molar-refractivity contribution >= 4 is 15.9 Å². The topological polar surface area (TPSA) is 80.6 Å². The van der Waals surface area contributed by atoms with Gasteiger partial charge in [-0.1, -0.05) is 0 Å². The second kappa shape index (κ2) is 8.24. The van der Waals surface area contributed by atoms with Gasteiger partial charge in [-0.25, -0.2) is 8.42 Å². The van der Waals surface area contributed by atoms with E-state index in [1.54, 1.807) is 31.1 Å². The largest absolute Gasteiger partial charge is 0.497 e. The molecule has 1 N–H and O–H groups in total. The Morgan fingerprint density at radius 2 is 1.81 bits per heavy atom. The first-order chi connectivity index (χ1) is 12.2. The maximum Gasteiger partial charge on any atom is 0.280 e. The fourth-order valence-electron chi connectivity index (χ4n) is 3.13. The van der Waals surface area contributed by atoms with E-state index in [4.69, 9.17) is 9.47 Å². The SMILES string of the molecule is COc1ccc(OC)c(S(=O)(=O)N2CC[NH+]([C@@H](C)C(=O)N(C)C)CC2)c1. The van der Waals surface area contributed by atoms with Crippen LogP contribution in [0.25, 0.3) is 0 Å². The second-order valence-electron chi connectivity index (χ2n) is 6.53. The Morgan fingerprint density at radius 3 is 2.31 bits per heavy atom. The Labute approximate surface area is 155 Å². The van der Waals surface area contributed by atoms with E-state index in [1.165, 1.54) is 24.6 Å². The molecule has 8 nitrogen and oxygen atoms in total. The highest BCUT2D eigenvalue weighted by Crippen LogP contribution is 2.30. The van der Waals surface area contributed by atoms with Crippen molar-refractivity contribution in [2.24, 2.45) is 0 Å². The maximum atomic E-state index is 13.1. The molecule has 0 spiro atoms. The third-order valence-electron chi connectivity index (χ3n) is 4.78. The van der Waals surface area contributed by atoms with E-state index in [9.17, 15) is 13.2 Å². The number of methoxy groups -OCH3 is 2. The van der Waals surface area contributed by atoms with Gasteiger partial charge < -0.3 is 19.3 Å². The average Bonchev–Trinajstić information content (AvgIpc) is 2.66. The number of sulfonamides is 1. The smallest absolute Gasteiger partial charge is 0.280 e. The van der Waals surface area contributed by atoms with Gasteiger partial charge in [0.25, 0.3) is 5.91 Å². The van der Waals surface area contributed by atoms with Gasteiger partial charge in [-0.05, 0) is 19.1 Å². The molecule has 0 aromatic heterocycles. The lowest BCUT2D eigenvalue weighted by atomic mass is 10.2. The predicted molar refractivity (Wildman–Crippen MR) is 97.2 cm³/mol. The fourth-order valence-corrected chi connectivity index (χ4v) is 4.75. The molecular formula is C17H28N3O5S+. The monoisotopic (exact) mass is 386 g/mol. The van der Waals surface area contributed by atoms with E-state index in [1.807, 2.05) is 6.92 Å². The highest BCUT2D eigenvalue weighted by atomic mass is 32.2. The van der Waals surface area contributed by atoms with Crippen molar-refractivity contribution in [3.8, 4) is 11.5 Å². The number of hydrogen-bond donors (Lipinski definition) is 1. The highest BCUT2D eigenvalue weighted by Gasteiger charge is 2.36.